The van der Waals surface area contributed by atoms with E-state index in [4.69, 9.17) is 9.72 Å². The molecule has 2 N–H and O–H groups in total. The summed E-state index contributed by atoms with van der Waals surface area (Å²) in [4.78, 5) is 29.4. The largest absolute Gasteiger partial charge is 0.377 e. The highest BCUT2D eigenvalue weighted by atomic mass is 32.2. The zero-order valence-electron chi connectivity index (χ0n) is 24.4. The fraction of sp³-hybridized carbons (Fsp3) is 0.353. The average Bonchev–Trinajstić information content (AvgIpc) is 3.56. The van der Waals surface area contributed by atoms with E-state index >= 15 is 0 Å². The van der Waals surface area contributed by atoms with E-state index in [1.807, 2.05) is 29.6 Å². The van der Waals surface area contributed by atoms with Gasteiger partial charge in [0, 0.05) is 68.5 Å². The van der Waals surface area contributed by atoms with Crippen molar-refractivity contribution in [2.24, 2.45) is 0 Å². The Morgan fingerprint density at radius 1 is 1.00 bits per heavy atom. The lowest BCUT2D eigenvalue weighted by Gasteiger charge is -2.36. The number of rotatable bonds is 8. The second-order valence-electron chi connectivity index (χ2n) is 11.5. The second-order valence-corrected chi connectivity index (χ2v) is 13.6. The summed E-state index contributed by atoms with van der Waals surface area (Å²) in [6.45, 7) is 7.67. The molecule has 2 aromatic heterocycles. The molecule has 2 saturated heterocycles. The van der Waals surface area contributed by atoms with Crippen molar-refractivity contribution in [3.63, 3.8) is 0 Å². The van der Waals surface area contributed by atoms with Gasteiger partial charge in [0.25, 0.3) is 0 Å². The number of aromatic nitrogens is 2. The number of likely N-dealkylation sites (tertiary alicyclic amines) is 1. The van der Waals surface area contributed by atoms with Gasteiger partial charge in [0.1, 0.15) is 6.10 Å². The smallest absolute Gasteiger partial charge is 0.249 e. The Hall–Kier alpha value is -3.24. The third kappa shape index (κ3) is 6.50. The highest BCUT2D eigenvalue weighted by Crippen LogP contribution is 2.52. The van der Waals surface area contributed by atoms with Crippen molar-refractivity contribution in [1.82, 2.24) is 14.9 Å². The van der Waals surface area contributed by atoms with Gasteiger partial charge in [-0.2, -0.15) is 0 Å². The van der Waals surface area contributed by atoms with Gasteiger partial charge in [-0.05, 0) is 87.3 Å². The Bertz CT molecular complexity index is 1650. The van der Waals surface area contributed by atoms with Crippen molar-refractivity contribution < 1.29 is 4.74 Å². The van der Waals surface area contributed by atoms with Crippen molar-refractivity contribution in [2.75, 3.05) is 49.5 Å². The molecule has 0 saturated carbocycles. The lowest BCUT2D eigenvalue weighted by atomic mass is 10.1. The molecule has 9 heteroatoms. The van der Waals surface area contributed by atoms with Crippen LogP contribution in [0, 0.1) is 6.92 Å². The molecular formula is C34H37N5O2S2. The minimum absolute atomic E-state index is 0.0585. The Morgan fingerprint density at radius 2 is 1.88 bits per heavy atom. The van der Waals surface area contributed by atoms with Gasteiger partial charge < -0.3 is 24.8 Å². The second kappa shape index (κ2) is 12.8. The molecule has 2 atom stereocenters. The van der Waals surface area contributed by atoms with Crippen LogP contribution in [-0.2, 0) is 4.74 Å². The molecule has 0 radical (unpaired) electrons. The predicted molar refractivity (Wildman–Crippen MR) is 175 cm³/mol. The summed E-state index contributed by atoms with van der Waals surface area (Å²) in [5, 5.41) is 3.85. The number of nitrogens with one attached hydrogen (secondary N) is 2. The van der Waals surface area contributed by atoms with E-state index in [2.05, 4.69) is 81.6 Å². The number of H-pyrrole nitrogens is 1. The van der Waals surface area contributed by atoms with Crippen LogP contribution in [0.1, 0.15) is 48.4 Å². The summed E-state index contributed by atoms with van der Waals surface area (Å²) < 4.78 is 6.30. The SMILES string of the molecule is Cc1cccc(C(CCN2CCCC2)Nc2ccc3c(c2)Sc2cccc(C4CN(c5cc[nH]c(=O)c5)CCO4)c2S3)n1. The number of aryl methyl sites for hydroxylation is 1. The van der Waals surface area contributed by atoms with Crippen LogP contribution in [0.3, 0.4) is 0 Å². The molecule has 0 amide bonds. The number of nitrogens with zero attached hydrogens (tertiary/aromatic N) is 3. The molecule has 43 heavy (non-hydrogen) atoms. The molecule has 2 unspecified atom stereocenters. The molecule has 3 aliphatic heterocycles. The van der Waals surface area contributed by atoms with Crippen LogP contribution >= 0.6 is 23.5 Å². The monoisotopic (exact) mass is 611 g/mol. The fourth-order valence-corrected chi connectivity index (χ4v) is 8.69. The molecule has 3 aliphatic rings. The molecule has 4 aromatic rings. The lowest BCUT2D eigenvalue weighted by molar-refractivity contribution is 0.0379. The molecule has 0 bridgehead atoms. The highest BCUT2D eigenvalue weighted by Gasteiger charge is 2.29. The summed E-state index contributed by atoms with van der Waals surface area (Å²) in [7, 11) is 0. The molecule has 2 fully saturated rings. The first-order chi connectivity index (χ1) is 21.1. The summed E-state index contributed by atoms with van der Waals surface area (Å²) in [5.41, 5.74) is 5.36. The number of pyridine rings is 2. The summed E-state index contributed by atoms with van der Waals surface area (Å²) >= 11 is 3.67. The van der Waals surface area contributed by atoms with Crippen molar-refractivity contribution in [2.45, 2.75) is 57.9 Å². The van der Waals surface area contributed by atoms with Crippen LogP contribution in [0.2, 0.25) is 0 Å². The number of morpholine rings is 1. The summed E-state index contributed by atoms with van der Waals surface area (Å²) in [6, 6.07) is 23.4. The fourth-order valence-electron chi connectivity index (χ4n) is 6.24. The molecule has 2 aromatic carbocycles. The summed E-state index contributed by atoms with van der Waals surface area (Å²) in [5.74, 6) is 0. The molecule has 222 valence electrons. The lowest BCUT2D eigenvalue weighted by Crippen LogP contribution is -2.39. The normalized spacial score (nSPS) is 19.1. The first-order valence-corrected chi connectivity index (χ1v) is 16.8. The predicted octanol–water partition coefficient (Wildman–Crippen LogP) is 6.91. The first kappa shape index (κ1) is 28.5. The van der Waals surface area contributed by atoms with E-state index in [0.29, 0.717) is 13.2 Å². The number of hydrogen-bond acceptors (Lipinski definition) is 8. The Balaban J connectivity index is 1.09. The van der Waals surface area contributed by atoms with Gasteiger partial charge in [-0.1, -0.05) is 41.7 Å². The van der Waals surface area contributed by atoms with Crippen LogP contribution in [0.25, 0.3) is 0 Å². The van der Waals surface area contributed by atoms with E-state index in [-0.39, 0.29) is 17.7 Å². The summed E-state index contributed by atoms with van der Waals surface area (Å²) in [6.07, 6.45) is 5.30. The molecule has 0 spiro atoms. The topological polar surface area (TPSA) is 73.5 Å². The average molecular weight is 612 g/mol. The minimum Gasteiger partial charge on any atom is -0.377 e. The number of aromatic amines is 1. The van der Waals surface area contributed by atoms with E-state index < -0.39 is 0 Å². The van der Waals surface area contributed by atoms with Gasteiger partial charge in [0.05, 0.1) is 18.3 Å². The minimum atomic E-state index is -0.0805. The van der Waals surface area contributed by atoms with E-state index in [1.165, 1.54) is 51.1 Å². The number of anilines is 2. The van der Waals surface area contributed by atoms with Gasteiger partial charge >= 0.3 is 0 Å². The van der Waals surface area contributed by atoms with Crippen LogP contribution < -0.4 is 15.8 Å². The van der Waals surface area contributed by atoms with Gasteiger partial charge in [-0.15, -0.1) is 0 Å². The third-order valence-electron chi connectivity index (χ3n) is 8.46. The molecule has 0 aliphatic carbocycles. The molecule has 5 heterocycles. The van der Waals surface area contributed by atoms with Crippen LogP contribution in [0.15, 0.2) is 97.3 Å². The zero-order valence-corrected chi connectivity index (χ0v) is 26.1. The third-order valence-corrected chi connectivity index (χ3v) is 11.1. The van der Waals surface area contributed by atoms with Crippen molar-refractivity contribution in [3.8, 4) is 0 Å². The van der Waals surface area contributed by atoms with Gasteiger partial charge in [0.2, 0.25) is 5.56 Å². The number of benzene rings is 2. The first-order valence-electron chi connectivity index (χ1n) is 15.2. The van der Waals surface area contributed by atoms with Gasteiger partial charge in [-0.3, -0.25) is 9.78 Å². The Kier molecular flexibility index (Phi) is 8.48. The number of ether oxygens (including phenoxy) is 1. The van der Waals surface area contributed by atoms with E-state index in [1.54, 1.807) is 12.3 Å². The molecule has 7 nitrogen and oxygen atoms in total. The highest BCUT2D eigenvalue weighted by molar-refractivity contribution is 8.05. The van der Waals surface area contributed by atoms with E-state index in [9.17, 15) is 4.79 Å². The quantitative estimate of drug-likeness (QED) is 0.196. The van der Waals surface area contributed by atoms with Crippen molar-refractivity contribution >= 4 is 34.9 Å². The van der Waals surface area contributed by atoms with Crippen LogP contribution in [0.5, 0.6) is 0 Å². The van der Waals surface area contributed by atoms with E-state index in [0.717, 1.165) is 42.3 Å². The van der Waals surface area contributed by atoms with Crippen LogP contribution in [0.4, 0.5) is 11.4 Å². The number of hydrogen-bond donors (Lipinski definition) is 2. The maximum absolute atomic E-state index is 11.9. The Morgan fingerprint density at radius 3 is 2.74 bits per heavy atom. The van der Waals surface area contributed by atoms with Gasteiger partial charge in [-0.25, -0.2) is 0 Å². The Labute approximate surface area is 261 Å². The zero-order chi connectivity index (χ0) is 29.2. The van der Waals surface area contributed by atoms with Crippen molar-refractivity contribution in [1.29, 1.82) is 0 Å². The van der Waals surface area contributed by atoms with Gasteiger partial charge in [0.15, 0.2) is 0 Å². The van der Waals surface area contributed by atoms with Crippen LogP contribution in [-0.4, -0.2) is 54.2 Å². The number of fused-ring (bicyclic) bond motifs is 2. The van der Waals surface area contributed by atoms with Crippen molar-refractivity contribution in [3.05, 3.63) is 100 Å². The standard InChI is InChI=1S/C34H37N5O2S2/c1-23-6-4-8-27(36-23)28(13-17-38-15-2-3-16-38)37-24-10-11-30-32(20-24)42-31-9-5-7-26(34(31)43-30)29-22-39(18-19-41-29)25-12-14-35-33(40)21-25/h4-12,14,20-21,28-29,37H,2-3,13,15-19,22H2,1H3,(H,35,40). The molecular weight excluding hydrogens is 575 g/mol. The maximum Gasteiger partial charge on any atom is 0.249 e. The molecule has 7 rings (SSSR count). The maximum atomic E-state index is 11.9.